The van der Waals surface area contributed by atoms with Gasteiger partial charge >= 0.3 is 17.9 Å². The van der Waals surface area contributed by atoms with Crippen molar-refractivity contribution < 1.29 is 47.5 Å². The summed E-state index contributed by atoms with van der Waals surface area (Å²) in [6.45, 7) is 8.37. The van der Waals surface area contributed by atoms with Crippen LogP contribution in [0.15, 0.2) is 110 Å². The molecule has 0 atom stereocenters. The van der Waals surface area contributed by atoms with Crippen LogP contribution in [0.5, 0.6) is 28.7 Å². The van der Waals surface area contributed by atoms with Crippen molar-refractivity contribution in [1.29, 1.82) is 0 Å². The fourth-order valence-corrected chi connectivity index (χ4v) is 5.00. The molecule has 286 valence electrons. The second-order valence-electron chi connectivity index (χ2n) is 11.9. The van der Waals surface area contributed by atoms with Crippen molar-refractivity contribution in [1.82, 2.24) is 0 Å². The molecule has 0 saturated carbocycles. The number of carbonyl (C=O) groups is 3. The first-order chi connectivity index (χ1) is 26.8. The first-order valence-electron chi connectivity index (χ1n) is 17.8. The maximum atomic E-state index is 12.7. The monoisotopic (exact) mass is 746 g/mol. The molecule has 0 spiro atoms. The van der Waals surface area contributed by atoms with Gasteiger partial charge in [-0.15, -0.1) is 0 Å². The van der Waals surface area contributed by atoms with Gasteiger partial charge in [0.05, 0.1) is 46.2 Å². The van der Waals surface area contributed by atoms with Crippen molar-refractivity contribution in [2.75, 3.05) is 40.6 Å². The Bertz CT molecular complexity index is 1920. The lowest BCUT2D eigenvalue weighted by Crippen LogP contribution is -2.08. The van der Waals surface area contributed by atoms with Crippen LogP contribution in [0.25, 0.3) is 24.3 Å². The zero-order chi connectivity index (χ0) is 39.3. The Balaban J connectivity index is 1.27. The zero-order valence-corrected chi connectivity index (χ0v) is 31.2. The lowest BCUT2D eigenvalue weighted by molar-refractivity contribution is -0.138. The summed E-state index contributed by atoms with van der Waals surface area (Å²) in [5.41, 5.74) is 3.95. The van der Waals surface area contributed by atoms with E-state index in [-0.39, 0.29) is 0 Å². The molecule has 0 N–H and O–H groups in total. The number of ether oxygens (including phenoxy) is 7. The Hall–Kier alpha value is -6.55. The molecule has 4 rings (SSSR count). The van der Waals surface area contributed by atoms with Crippen molar-refractivity contribution in [3.05, 3.63) is 138 Å². The normalized spacial score (nSPS) is 10.8. The molecule has 0 heterocycles. The molecule has 4 aromatic carbocycles. The van der Waals surface area contributed by atoms with Gasteiger partial charge in [0.2, 0.25) is 0 Å². The quantitative estimate of drug-likeness (QED) is 0.0254. The van der Waals surface area contributed by atoms with Crippen LogP contribution in [0.1, 0.15) is 58.3 Å². The fraction of sp³-hybridized carbons (Fsp3) is 0.222. The van der Waals surface area contributed by atoms with E-state index in [1.54, 1.807) is 50.6 Å². The highest BCUT2D eigenvalue weighted by Gasteiger charge is 2.11. The molecule has 0 bridgehead atoms. The van der Waals surface area contributed by atoms with E-state index in [0.717, 1.165) is 46.6 Å². The molecule has 0 amide bonds. The Morgan fingerprint density at radius 1 is 0.527 bits per heavy atom. The Kier molecular flexibility index (Phi) is 16.9. The number of unbranched alkanes of at least 4 members (excludes halogenated alkanes) is 2. The number of hydrogen-bond donors (Lipinski definition) is 0. The van der Waals surface area contributed by atoms with Crippen LogP contribution in [-0.2, 0) is 19.1 Å². The Labute approximate surface area is 322 Å². The van der Waals surface area contributed by atoms with Gasteiger partial charge in [-0.3, -0.25) is 0 Å². The van der Waals surface area contributed by atoms with Gasteiger partial charge < -0.3 is 33.2 Å². The van der Waals surface area contributed by atoms with E-state index in [1.807, 2.05) is 72.8 Å². The number of esters is 3. The van der Waals surface area contributed by atoms with Gasteiger partial charge in [-0.05, 0) is 97.5 Å². The molecule has 10 nitrogen and oxygen atoms in total. The average molecular weight is 747 g/mol. The van der Waals surface area contributed by atoms with Crippen LogP contribution in [-0.4, -0.2) is 58.6 Å². The molecule has 0 saturated heterocycles. The lowest BCUT2D eigenvalue weighted by atomic mass is 10.1. The minimum absolute atomic E-state index is 0.311. The molecular weight excluding hydrogens is 700 g/mol. The van der Waals surface area contributed by atoms with Gasteiger partial charge in [0.25, 0.3) is 0 Å². The Morgan fingerprint density at radius 3 is 1.35 bits per heavy atom. The van der Waals surface area contributed by atoms with Gasteiger partial charge in [-0.2, -0.15) is 0 Å². The highest BCUT2D eigenvalue weighted by molar-refractivity contribution is 5.91. The largest absolute Gasteiger partial charge is 0.496 e. The standard InChI is InChI=1S/C45H46O10/c1-5-43(46)53-29-9-7-27-51-38-21-13-33(14-22-38)11-17-36-31-42(50-4)37(32-41(36)49-3)18-12-34-15-23-40(24-16-34)55-45(48)35-19-25-39(26-20-35)52-28-8-10-30-54-44(47)6-2/h5-6,11-26,31-32H,1-2,7-10,27-30H2,3-4H3/b17-11+,18-12+. The minimum atomic E-state index is -0.482. The molecule has 0 aromatic heterocycles. The highest BCUT2D eigenvalue weighted by Crippen LogP contribution is 2.32. The molecule has 0 aliphatic rings. The van der Waals surface area contributed by atoms with Crippen LogP contribution in [0, 0.1) is 0 Å². The molecule has 4 aromatic rings. The van der Waals surface area contributed by atoms with Crippen molar-refractivity contribution >= 4 is 42.2 Å². The van der Waals surface area contributed by atoms with Gasteiger partial charge in [-0.25, -0.2) is 14.4 Å². The van der Waals surface area contributed by atoms with Crippen LogP contribution in [0.2, 0.25) is 0 Å². The SMILES string of the molecule is C=CC(=O)OCCCCOc1ccc(/C=C/c2cc(OC)c(/C=C/c3ccc(OC(=O)c4ccc(OCCCCOC(=O)C=C)cc4)cc3)cc2OC)cc1. The zero-order valence-electron chi connectivity index (χ0n) is 31.2. The molecule has 0 unspecified atom stereocenters. The van der Waals surface area contributed by atoms with E-state index in [2.05, 4.69) is 13.2 Å². The lowest BCUT2D eigenvalue weighted by Gasteiger charge is -2.11. The van der Waals surface area contributed by atoms with Crippen molar-refractivity contribution in [2.45, 2.75) is 25.7 Å². The van der Waals surface area contributed by atoms with E-state index in [4.69, 9.17) is 33.2 Å². The predicted molar refractivity (Wildman–Crippen MR) is 213 cm³/mol. The molecule has 0 aliphatic carbocycles. The number of rotatable bonds is 22. The summed E-state index contributed by atoms with van der Waals surface area (Å²) in [6.07, 6.45) is 13.0. The first kappa shape index (κ1) is 41.2. The average Bonchev–Trinajstić information content (AvgIpc) is 3.22. The van der Waals surface area contributed by atoms with Crippen LogP contribution in [0.4, 0.5) is 0 Å². The molecule has 10 heteroatoms. The van der Waals surface area contributed by atoms with Crippen LogP contribution in [0.3, 0.4) is 0 Å². The minimum Gasteiger partial charge on any atom is -0.496 e. The molecular formula is C45H46O10. The highest BCUT2D eigenvalue weighted by atomic mass is 16.5. The number of methoxy groups -OCH3 is 2. The molecule has 0 aliphatic heterocycles. The fourth-order valence-electron chi connectivity index (χ4n) is 5.00. The first-order valence-corrected chi connectivity index (χ1v) is 17.8. The number of benzene rings is 4. The van der Waals surface area contributed by atoms with Crippen molar-refractivity contribution in [2.24, 2.45) is 0 Å². The second kappa shape index (κ2) is 22.5. The van der Waals surface area contributed by atoms with Gasteiger partial charge in [0.15, 0.2) is 0 Å². The summed E-state index contributed by atoms with van der Waals surface area (Å²) in [5, 5.41) is 0. The molecule has 55 heavy (non-hydrogen) atoms. The van der Waals surface area contributed by atoms with Crippen LogP contribution < -0.4 is 23.7 Å². The second-order valence-corrected chi connectivity index (χ2v) is 11.9. The third-order valence-electron chi connectivity index (χ3n) is 7.99. The van der Waals surface area contributed by atoms with Gasteiger partial charge in [0.1, 0.15) is 28.7 Å². The predicted octanol–water partition coefficient (Wildman–Crippen LogP) is 9.04. The van der Waals surface area contributed by atoms with Gasteiger partial charge in [0, 0.05) is 23.3 Å². The van der Waals surface area contributed by atoms with E-state index in [1.165, 1.54) is 0 Å². The summed E-state index contributed by atoms with van der Waals surface area (Å²) in [4.78, 5) is 34.9. The Morgan fingerprint density at radius 2 is 0.927 bits per heavy atom. The molecule has 0 radical (unpaired) electrons. The third kappa shape index (κ3) is 14.1. The maximum absolute atomic E-state index is 12.7. The summed E-state index contributed by atoms with van der Waals surface area (Å²) in [5.74, 6) is 1.82. The summed E-state index contributed by atoms with van der Waals surface area (Å²) < 4.78 is 38.4. The summed E-state index contributed by atoms with van der Waals surface area (Å²) in [7, 11) is 3.25. The van der Waals surface area contributed by atoms with E-state index >= 15 is 0 Å². The van der Waals surface area contributed by atoms with E-state index < -0.39 is 17.9 Å². The topological polar surface area (TPSA) is 116 Å². The van der Waals surface area contributed by atoms with Crippen LogP contribution >= 0.6 is 0 Å². The van der Waals surface area contributed by atoms with Crippen molar-refractivity contribution in [3.63, 3.8) is 0 Å². The summed E-state index contributed by atoms with van der Waals surface area (Å²) >= 11 is 0. The number of hydrogen-bond acceptors (Lipinski definition) is 10. The van der Waals surface area contributed by atoms with E-state index in [0.29, 0.717) is 74.3 Å². The van der Waals surface area contributed by atoms with Gasteiger partial charge in [-0.1, -0.05) is 61.7 Å². The maximum Gasteiger partial charge on any atom is 0.343 e. The van der Waals surface area contributed by atoms with E-state index in [9.17, 15) is 14.4 Å². The van der Waals surface area contributed by atoms with Crippen molar-refractivity contribution in [3.8, 4) is 28.7 Å². The molecule has 0 fully saturated rings. The number of carbonyl (C=O) groups excluding carboxylic acids is 3. The third-order valence-corrected chi connectivity index (χ3v) is 7.99. The smallest absolute Gasteiger partial charge is 0.343 e. The summed E-state index contributed by atoms with van der Waals surface area (Å²) in [6, 6.07) is 25.5.